The van der Waals surface area contributed by atoms with Crippen LogP contribution in [0.2, 0.25) is 0 Å². The molecule has 14 heavy (non-hydrogen) atoms. The van der Waals surface area contributed by atoms with Gasteiger partial charge in [-0.2, -0.15) is 0 Å². The maximum absolute atomic E-state index is 10.7. The second-order valence-electron chi connectivity index (χ2n) is 3.79. The predicted molar refractivity (Wildman–Crippen MR) is 51.0 cm³/mol. The molecule has 0 radical (unpaired) electrons. The molecule has 1 aliphatic rings. The fraction of sp³-hybridized carbons (Fsp3) is 0.400. The Morgan fingerprint density at radius 3 is 2.64 bits per heavy atom. The Balaban J connectivity index is 2.27. The summed E-state index contributed by atoms with van der Waals surface area (Å²) >= 11 is 0. The maximum Gasteiger partial charge on any atom is 0.272 e. The molecule has 0 aliphatic heterocycles. The van der Waals surface area contributed by atoms with Crippen molar-refractivity contribution >= 4 is 5.69 Å². The lowest BCUT2D eigenvalue weighted by Gasteiger charge is -2.07. The van der Waals surface area contributed by atoms with Gasteiger partial charge in [-0.3, -0.25) is 10.1 Å². The van der Waals surface area contributed by atoms with Crippen molar-refractivity contribution in [2.75, 3.05) is 0 Å². The Hall–Kier alpha value is -1.42. The van der Waals surface area contributed by atoms with Gasteiger partial charge in [-0.05, 0) is 12.8 Å². The average molecular weight is 193 g/mol. The van der Waals surface area contributed by atoms with E-state index < -0.39 is 10.5 Å². The summed E-state index contributed by atoms with van der Waals surface area (Å²) in [5.74, 6) is 0. The first-order valence-electron chi connectivity index (χ1n) is 4.55. The SMILES string of the molecule is O=[N+]([O-])c1ccccc1CC1(O)CC1. The van der Waals surface area contributed by atoms with Crippen molar-refractivity contribution in [3.05, 3.63) is 39.9 Å². The number of aliphatic hydroxyl groups is 1. The molecular weight excluding hydrogens is 182 g/mol. The maximum atomic E-state index is 10.7. The van der Waals surface area contributed by atoms with Gasteiger partial charge in [0.25, 0.3) is 5.69 Å². The summed E-state index contributed by atoms with van der Waals surface area (Å²) in [4.78, 5) is 10.3. The van der Waals surface area contributed by atoms with Crippen molar-refractivity contribution in [2.24, 2.45) is 0 Å². The first kappa shape index (κ1) is 9.15. The molecule has 0 spiro atoms. The molecule has 0 amide bonds. The van der Waals surface area contributed by atoms with E-state index in [1.165, 1.54) is 6.07 Å². The highest BCUT2D eigenvalue weighted by molar-refractivity contribution is 5.41. The molecule has 0 atom stereocenters. The number of nitrogens with zero attached hydrogens (tertiary/aromatic N) is 1. The van der Waals surface area contributed by atoms with Crippen LogP contribution < -0.4 is 0 Å². The van der Waals surface area contributed by atoms with Crippen LogP contribution in [-0.4, -0.2) is 15.6 Å². The molecular formula is C10H11NO3. The third kappa shape index (κ3) is 1.75. The van der Waals surface area contributed by atoms with Crippen LogP contribution in [0.5, 0.6) is 0 Å². The van der Waals surface area contributed by atoms with Crippen molar-refractivity contribution in [3.63, 3.8) is 0 Å². The molecule has 4 nitrogen and oxygen atoms in total. The first-order chi connectivity index (χ1) is 6.61. The number of nitro groups is 1. The highest BCUT2D eigenvalue weighted by atomic mass is 16.6. The van der Waals surface area contributed by atoms with Crippen molar-refractivity contribution < 1.29 is 10.0 Å². The number of para-hydroxylation sites is 1. The summed E-state index contributed by atoms with van der Waals surface area (Å²) in [6, 6.07) is 6.57. The topological polar surface area (TPSA) is 63.4 Å². The number of hydrogen-bond acceptors (Lipinski definition) is 3. The molecule has 1 aliphatic carbocycles. The molecule has 0 aromatic heterocycles. The van der Waals surface area contributed by atoms with Gasteiger partial charge >= 0.3 is 0 Å². The fourth-order valence-electron chi connectivity index (χ4n) is 1.51. The zero-order chi connectivity index (χ0) is 10.2. The zero-order valence-electron chi connectivity index (χ0n) is 7.64. The molecule has 2 rings (SSSR count). The molecule has 0 unspecified atom stereocenters. The van der Waals surface area contributed by atoms with E-state index in [1.54, 1.807) is 18.2 Å². The van der Waals surface area contributed by atoms with E-state index in [2.05, 4.69) is 0 Å². The standard InChI is InChI=1S/C10H11NO3/c12-10(5-6-10)7-8-3-1-2-4-9(8)11(13)14/h1-4,12H,5-7H2. The van der Waals surface area contributed by atoms with Gasteiger partial charge in [-0.1, -0.05) is 18.2 Å². The van der Waals surface area contributed by atoms with Gasteiger partial charge in [0.1, 0.15) is 0 Å². The van der Waals surface area contributed by atoms with E-state index in [0.29, 0.717) is 12.0 Å². The Kier molecular flexibility index (Phi) is 2.00. The first-order valence-corrected chi connectivity index (χ1v) is 4.55. The summed E-state index contributed by atoms with van der Waals surface area (Å²) in [6.07, 6.45) is 1.89. The van der Waals surface area contributed by atoms with E-state index in [0.717, 1.165) is 12.8 Å². The monoisotopic (exact) mass is 193 g/mol. The van der Waals surface area contributed by atoms with Crippen LogP contribution >= 0.6 is 0 Å². The van der Waals surface area contributed by atoms with Gasteiger partial charge in [-0.25, -0.2) is 0 Å². The van der Waals surface area contributed by atoms with Gasteiger partial charge in [0.2, 0.25) is 0 Å². The number of hydrogen-bond donors (Lipinski definition) is 1. The average Bonchev–Trinajstić information content (AvgIpc) is 2.84. The third-order valence-corrected chi connectivity index (χ3v) is 2.53. The van der Waals surface area contributed by atoms with Crippen LogP contribution in [0, 0.1) is 10.1 Å². The van der Waals surface area contributed by atoms with Crippen LogP contribution in [0.1, 0.15) is 18.4 Å². The molecule has 4 heteroatoms. The molecule has 0 bridgehead atoms. The van der Waals surface area contributed by atoms with Crippen LogP contribution in [0.15, 0.2) is 24.3 Å². The highest BCUT2D eigenvalue weighted by Crippen LogP contribution is 2.39. The Bertz CT molecular complexity index is 371. The lowest BCUT2D eigenvalue weighted by molar-refractivity contribution is -0.385. The van der Waals surface area contributed by atoms with Gasteiger partial charge in [0, 0.05) is 18.1 Å². The van der Waals surface area contributed by atoms with Crippen molar-refractivity contribution in [2.45, 2.75) is 24.9 Å². The second-order valence-corrected chi connectivity index (χ2v) is 3.79. The molecule has 0 heterocycles. The minimum absolute atomic E-state index is 0.104. The molecule has 1 N–H and O–H groups in total. The van der Waals surface area contributed by atoms with Gasteiger partial charge in [-0.15, -0.1) is 0 Å². The molecule has 1 aromatic rings. The van der Waals surface area contributed by atoms with Crippen LogP contribution in [0.25, 0.3) is 0 Å². The summed E-state index contributed by atoms with van der Waals surface area (Å²) < 4.78 is 0. The summed E-state index contributed by atoms with van der Waals surface area (Å²) in [7, 11) is 0. The normalized spacial score (nSPS) is 17.8. The molecule has 0 saturated heterocycles. The van der Waals surface area contributed by atoms with Crippen LogP contribution in [-0.2, 0) is 6.42 Å². The van der Waals surface area contributed by atoms with E-state index in [1.807, 2.05) is 0 Å². The van der Waals surface area contributed by atoms with E-state index in [4.69, 9.17) is 0 Å². The molecule has 74 valence electrons. The van der Waals surface area contributed by atoms with Crippen molar-refractivity contribution in [1.82, 2.24) is 0 Å². The van der Waals surface area contributed by atoms with Gasteiger partial charge in [0.15, 0.2) is 0 Å². The number of rotatable bonds is 3. The highest BCUT2D eigenvalue weighted by Gasteiger charge is 2.41. The summed E-state index contributed by atoms with van der Waals surface area (Å²) in [5.41, 5.74) is 0.0527. The molecule has 1 aromatic carbocycles. The summed E-state index contributed by atoms with van der Waals surface area (Å²) in [5, 5.41) is 20.3. The van der Waals surface area contributed by atoms with Crippen molar-refractivity contribution in [1.29, 1.82) is 0 Å². The van der Waals surface area contributed by atoms with Crippen LogP contribution in [0.4, 0.5) is 5.69 Å². The molecule has 1 saturated carbocycles. The zero-order valence-corrected chi connectivity index (χ0v) is 7.64. The predicted octanol–water partition coefficient (Wildman–Crippen LogP) is 1.66. The third-order valence-electron chi connectivity index (χ3n) is 2.53. The number of benzene rings is 1. The Labute approximate surface area is 81.3 Å². The Morgan fingerprint density at radius 2 is 2.07 bits per heavy atom. The number of nitro benzene ring substituents is 1. The Morgan fingerprint density at radius 1 is 1.43 bits per heavy atom. The van der Waals surface area contributed by atoms with E-state index in [9.17, 15) is 15.2 Å². The summed E-state index contributed by atoms with van der Waals surface area (Å²) in [6.45, 7) is 0. The smallest absolute Gasteiger partial charge is 0.272 e. The minimum Gasteiger partial charge on any atom is -0.390 e. The van der Waals surface area contributed by atoms with Crippen LogP contribution in [0.3, 0.4) is 0 Å². The largest absolute Gasteiger partial charge is 0.390 e. The second kappa shape index (κ2) is 3.06. The lowest BCUT2D eigenvalue weighted by Crippen LogP contribution is -2.11. The van der Waals surface area contributed by atoms with Gasteiger partial charge in [0.05, 0.1) is 10.5 Å². The minimum atomic E-state index is -0.674. The lowest BCUT2D eigenvalue weighted by atomic mass is 10.0. The van der Waals surface area contributed by atoms with Crippen molar-refractivity contribution in [3.8, 4) is 0 Å². The van der Waals surface area contributed by atoms with Gasteiger partial charge < -0.3 is 5.11 Å². The van der Waals surface area contributed by atoms with E-state index >= 15 is 0 Å². The quantitative estimate of drug-likeness (QED) is 0.586. The van der Waals surface area contributed by atoms with E-state index in [-0.39, 0.29) is 5.69 Å². The molecule has 1 fully saturated rings. The fourth-order valence-corrected chi connectivity index (χ4v) is 1.51.